The molecule has 2 amide bonds. The van der Waals surface area contributed by atoms with Gasteiger partial charge in [-0.3, -0.25) is 0 Å². The Morgan fingerprint density at radius 2 is 1.65 bits per heavy atom. The highest BCUT2D eigenvalue weighted by atomic mass is 32.2. The smallest absolute Gasteiger partial charge is 0.329 e. The summed E-state index contributed by atoms with van der Waals surface area (Å²) in [6, 6.07) is 13.0. The first-order valence-electron chi connectivity index (χ1n) is 7.83. The summed E-state index contributed by atoms with van der Waals surface area (Å²) in [5.41, 5.74) is 1.69. The van der Waals surface area contributed by atoms with Crippen LogP contribution in [0, 0.1) is 6.92 Å². The van der Waals surface area contributed by atoms with Crippen LogP contribution in [0.15, 0.2) is 59.5 Å². The lowest BCUT2D eigenvalue weighted by Gasteiger charge is -2.17. The van der Waals surface area contributed by atoms with Crippen molar-refractivity contribution in [3.05, 3.63) is 65.7 Å². The number of ether oxygens (including phenoxy) is 1. The molecule has 138 valence electrons. The Kier molecular flexibility index (Phi) is 6.35. The fourth-order valence-corrected chi connectivity index (χ4v) is 3.19. The molecule has 0 aliphatic heterocycles. The van der Waals surface area contributed by atoms with Gasteiger partial charge in [0, 0.05) is 6.42 Å². The van der Waals surface area contributed by atoms with Gasteiger partial charge in [0.05, 0.1) is 12.0 Å². The molecular weight excluding hydrogens is 356 g/mol. The second kappa shape index (κ2) is 8.48. The van der Waals surface area contributed by atoms with Crippen LogP contribution >= 0.6 is 0 Å². The zero-order valence-corrected chi connectivity index (χ0v) is 15.2. The van der Waals surface area contributed by atoms with E-state index < -0.39 is 28.1 Å². The SMILES string of the molecule is COC(=O)[C@H](Cc1ccccc1)NC(=O)NS(=O)(=O)c1ccc(C)cc1. The fraction of sp³-hybridized carbons (Fsp3) is 0.222. The van der Waals surface area contributed by atoms with Gasteiger partial charge >= 0.3 is 12.0 Å². The van der Waals surface area contributed by atoms with Crippen LogP contribution in [0.25, 0.3) is 0 Å². The van der Waals surface area contributed by atoms with Crippen molar-refractivity contribution in [1.82, 2.24) is 10.0 Å². The zero-order chi connectivity index (χ0) is 19.2. The minimum Gasteiger partial charge on any atom is -0.467 e. The number of urea groups is 1. The van der Waals surface area contributed by atoms with E-state index >= 15 is 0 Å². The van der Waals surface area contributed by atoms with E-state index in [-0.39, 0.29) is 11.3 Å². The Morgan fingerprint density at radius 3 is 2.23 bits per heavy atom. The number of hydrogen-bond acceptors (Lipinski definition) is 5. The quantitative estimate of drug-likeness (QED) is 0.748. The molecule has 1 atom stereocenters. The van der Waals surface area contributed by atoms with E-state index in [9.17, 15) is 18.0 Å². The standard InChI is InChI=1S/C18H20N2O5S/c1-13-8-10-15(11-9-13)26(23,24)20-18(22)19-16(17(21)25-2)12-14-6-4-3-5-7-14/h3-11,16H,12H2,1-2H3,(H2,19,20,22)/t16-/m0/s1. The first-order chi connectivity index (χ1) is 12.3. The number of sulfonamides is 1. The van der Waals surface area contributed by atoms with Crippen molar-refractivity contribution in [2.75, 3.05) is 7.11 Å². The number of nitrogens with one attached hydrogen (secondary N) is 2. The van der Waals surface area contributed by atoms with Gasteiger partial charge in [-0.05, 0) is 24.6 Å². The molecular formula is C18H20N2O5S. The van der Waals surface area contributed by atoms with Crippen LogP contribution in [0.1, 0.15) is 11.1 Å². The van der Waals surface area contributed by atoms with Gasteiger partial charge in [-0.15, -0.1) is 0 Å². The Hall–Kier alpha value is -2.87. The maximum atomic E-state index is 12.2. The predicted molar refractivity (Wildman–Crippen MR) is 96.0 cm³/mol. The Bertz CT molecular complexity index is 864. The van der Waals surface area contributed by atoms with E-state index in [0.29, 0.717) is 0 Å². The summed E-state index contributed by atoms with van der Waals surface area (Å²) in [6.45, 7) is 1.82. The van der Waals surface area contributed by atoms with Crippen LogP contribution in [0.3, 0.4) is 0 Å². The number of methoxy groups -OCH3 is 1. The van der Waals surface area contributed by atoms with Crippen LogP contribution in [-0.2, 0) is 26.0 Å². The second-order valence-electron chi connectivity index (χ2n) is 5.66. The van der Waals surface area contributed by atoms with Crippen LogP contribution in [0.5, 0.6) is 0 Å². The van der Waals surface area contributed by atoms with E-state index in [2.05, 4.69) is 10.1 Å². The van der Waals surface area contributed by atoms with E-state index in [1.807, 2.05) is 17.7 Å². The van der Waals surface area contributed by atoms with E-state index in [0.717, 1.165) is 11.1 Å². The molecule has 2 aromatic rings. The van der Waals surface area contributed by atoms with Gasteiger partial charge in [0.15, 0.2) is 0 Å². The molecule has 2 rings (SSSR count). The third-order valence-electron chi connectivity index (χ3n) is 3.63. The van der Waals surface area contributed by atoms with Gasteiger partial charge in [-0.2, -0.15) is 0 Å². The molecule has 0 aliphatic carbocycles. The highest BCUT2D eigenvalue weighted by Gasteiger charge is 2.25. The van der Waals surface area contributed by atoms with Crippen LogP contribution in [0.2, 0.25) is 0 Å². The zero-order valence-electron chi connectivity index (χ0n) is 14.4. The highest BCUT2D eigenvalue weighted by Crippen LogP contribution is 2.10. The van der Waals surface area contributed by atoms with Crippen molar-refractivity contribution < 1.29 is 22.7 Å². The third-order valence-corrected chi connectivity index (χ3v) is 4.98. The van der Waals surface area contributed by atoms with Gasteiger partial charge in [-0.1, -0.05) is 48.0 Å². The largest absolute Gasteiger partial charge is 0.467 e. The minimum atomic E-state index is -4.04. The normalized spacial score (nSPS) is 12.1. The molecule has 0 fully saturated rings. The molecule has 8 heteroatoms. The fourth-order valence-electron chi connectivity index (χ4n) is 2.27. The summed E-state index contributed by atoms with van der Waals surface area (Å²) in [6.07, 6.45) is 0.172. The summed E-state index contributed by atoms with van der Waals surface area (Å²) < 4.78 is 31.1. The van der Waals surface area contributed by atoms with Crippen molar-refractivity contribution in [3.8, 4) is 0 Å². The average molecular weight is 376 g/mol. The van der Waals surface area contributed by atoms with Crippen molar-refractivity contribution >= 4 is 22.0 Å². The summed E-state index contributed by atoms with van der Waals surface area (Å²) in [4.78, 5) is 24.0. The van der Waals surface area contributed by atoms with Gasteiger partial charge in [-0.25, -0.2) is 22.7 Å². The van der Waals surface area contributed by atoms with Crippen LogP contribution in [-0.4, -0.2) is 33.6 Å². The maximum absolute atomic E-state index is 12.2. The molecule has 2 aromatic carbocycles. The molecule has 26 heavy (non-hydrogen) atoms. The van der Waals surface area contributed by atoms with E-state index in [1.165, 1.54) is 19.2 Å². The number of aryl methyl sites for hydroxylation is 1. The molecule has 7 nitrogen and oxygen atoms in total. The van der Waals surface area contributed by atoms with Crippen molar-refractivity contribution in [3.63, 3.8) is 0 Å². The Labute approximate surface area is 152 Å². The van der Waals surface area contributed by atoms with Crippen LogP contribution < -0.4 is 10.0 Å². The number of benzene rings is 2. The maximum Gasteiger partial charge on any atom is 0.329 e. The van der Waals surface area contributed by atoms with E-state index in [4.69, 9.17) is 0 Å². The topological polar surface area (TPSA) is 102 Å². The Balaban J connectivity index is 2.09. The lowest BCUT2D eigenvalue weighted by atomic mass is 10.1. The lowest BCUT2D eigenvalue weighted by molar-refractivity contribution is -0.142. The molecule has 2 N–H and O–H groups in total. The van der Waals surface area contributed by atoms with Gasteiger partial charge < -0.3 is 10.1 Å². The van der Waals surface area contributed by atoms with Crippen molar-refractivity contribution in [1.29, 1.82) is 0 Å². The number of amides is 2. The second-order valence-corrected chi connectivity index (χ2v) is 7.34. The molecule has 0 saturated heterocycles. The average Bonchev–Trinajstić information content (AvgIpc) is 2.61. The molecule has 0 aromatic heterocycles. The van der Waals surface area contributed by atoms with Gasteiger partial charge in [0.1, 0.15) is 6.04 Å². The molecule has 0 radical (unpaired) electrons. The molecule has 0 bridgehead atoms. The summed E-state index contributed by atoms with van der Waals surface area (Å²) in [7, 11) is -2.84. The number of hydrogen-bond donors (Lipinski definition) is 2. The summed E-state index contributed by atoms with van der Waals surface area (Å²) in [5.74, 6) is -0.670. The number of carbonyl (C=O) groups is 2. The first-order valence-corrected chi connectivity index (χ1v) is 9.32. The lowest BCUT2D eigenvalue weighted by Crippen LogP contribution is -2.49. The predicted octanol–water partition coefficient (Wildman–Crippen LogP) is 1.77. The minimum absolute atomic E-state index is 0.0454. The van der Waals surface area contributed by atoms with Crippen molar-refractivity contribution in [2.45, 2.75) is 24.3 Å². The molecule has 0 saturated carbocycles. The number of rotatable bonds is 6. The van der Waals surface area contributed by atoms with Gasteiger partial charge in [0.2, 0.25) is 0 Å². The molecule has 0 spiro atoms. The third kappa shape index (κ3) is 5.32. The molecule has 0 aliphatic rings. The Morgan fingerprint density at radius 1 is 1.04 bits per heavy atom. The van der Waals surface area contributed by atoms with E-state index in [1.54, 1.807) is 36.4 Å². The molecule has 0 unspecified atom stereocenters. The van der Waals surface area contributed by atoms with Crippen LogP contribution in [0.4, 0.5) is 4.79 Å². The molecule has 0 heterocycles. The summed E-state index contributed by atoms with van der Waals surface area (Å²) >= 11 is 0. The number of carbonyl (C=O) groups excluding carboxylic acids is 2. The number of esters is 1. The highest BCUT2D eigenvalue weighted by molar-refractivity contribution is 7.90. The van der Waals surface area contributed by atoms with Crippen molar-refractivity contribution in [2.24, 2.45) is 0 Å². The monoisotopic (exact) mass is 376 g/mol. The first kappa shape index (κ1) is 19.5. The van der Waals surface area contributed by atoms with Gasteiger partial charge in [0.25, 0.3) is 10.0 Å². The summed E-state index contributed by atoms with van der Waals surface area (Å²) in [5, 5.41) is 2.35.